The highest BCUT2D eigenvalue weighted by Crippen LogP contribution is 2.11. The molecule has 1 atom stereocenters. The van der Waals surface area contributed by atoms with E-state index in [4.69, 9.17) is 9.94 Å². The van der Waals surface area contributed by atoms with E-state index in [1.165, 1.54) is 7.11 Å². The van der Waals surface area contributed by atoms with Crippen molar-refractivity contribution < 1.29 is 29.1 Å². The van der Waals surface area contributed by atoms with Gasteiger partial charge in [0.15, 0.2) is 0 Å². The second-order valence-electron chi connectivity index (χ2n) is 4.26. The van der Waals surface area contributed by atoms with Crippen molar-refractivity contribution in [2.45, 2.75) is 25.5 Å². The number of hydroxylamine groups is 2. The fraction of sp³-hybridized carbons (Fsp3) is 0.357. The van der Waals surface area contributed by atoms with Gasteiger partial charge in [0.1, 0.15) is 6.61 Å². The first-order valence-electron chi connectivity index (χ1n) is 6.26. The van der Waals surface area contributed by atoms with Crippen LogP contribution in [0.4, 0.5) is 0 Å². The second-order valence-corrected chi connectivity index (χ2v) is 4.26. The van der Waals surface area contributed by atoms with Crippen molar-refractivity contribution in [1.82, 2.24) is 5.06 Å². The number of carbonyl (C=O) groups excluding carboxylic acids is 2. The summed E-state index contributed by atoms with van der Waals surface area (Å²) in [6.07, 6.45) is -0.307. The van der Waals surface area contributed by atoms with Gasteiger partial charge >= 0.3 is 11.9 Å². The number of amides is 1. The Labute approximate surface area is 122 Å². The zero-order chi connectivity index (χ0) is 15.7. The smallest absolute Gasteiger partial charge is 0.307 e. The number of ether oxygens (including phenoxy) is 1. The molecular weight excluding hydrogens is 278 g/mol. The van der Waals surface area contributed by atoms with Crippen LogP contribution in [0, 0.1) is 0 Å². The number of carbonyl (C=O) groups is 3. The Hall–Kier alpha value is -2.41. The molecule has 7 nitrogen and oxygen atoms in total. The fourth-order valence-electron chi connectivity index (χ4n) is 1.67. The molecule has 0 heterocycles. The van der Waals surface area contributed by atoms with Crippen LogP contribution in [-0.2, 0) is 30.6 Å². The molecular formula is C14H17NO6. The van der Waals surface area contributed by atoms with E-state index in [9.17, 15) is 14.4 Å². The number of carboxylic acids is 1. The Morgan fingerprint density at radius 1 is 1.29 bits per heavy atom. The van der Waals surface area contributed by atoms with E-state index in [0.717, 1.165) is 10.6 Å². The summed E-state index contributed by atoms with van der Waals surface area (Å²) in [5, 5.41) is 9.69. The van der Waals surface area contributed by atoms with Crippen LogP contribution in [-0.4, -0.2) is 41.7 Å². The molecule has 0 fully saturated rings. The molecule has 21 heavy (non-hydrogen) atoms. The monoisotopic (exact) mass is 295 g/mol. The van der Waals surface area contributed by atoms with Crippen LogP contribution >= 0.6 is 0 Å². The quantitative estimate of drug-likeness (QED) is 0.415. The molecule has 0 saturated heterocycles. The third kappa shape index (κ3) is 6.05. The lowest BCUT2D eigenvalue weighted by molar-refractivity contribution is -0.197. The van der Waals surface area contributed by atoms with Gasteiger partial charge in [-0.1, -0.05) is 30.3 Å². The minimum absolute atomic E-state index is 0.0941. The van der Waals surface area contributed by atoms with Gasteiger partial charge in [0.05, 0.1) is 26.0 Å². The zero-order valence-corrected chi connectivity index (χ0v) is 11.6. The number of esters is 1. The van der Waals surface area contributed by atoms with Gasteiger partial charge in [0, 0.05) is 0 Å². The summed E-state index contributed by atoms with van der Waals surface area (Å²) >= 11 is 0. The molecule has 0 spiro atoms. The molecule has 1 aromatic rings. The molecule has 1 unspecified atom stereocenters. The van der Waals surface area contributed by atoms with Gasteiger partial charge in [0.2, 0.25) is 6.41 Å². The summed E-state index contributed by atoms with van der Waals surface area (Å²) in [4.78, 5) is 38.5. The summed E-state index contributed by atoms with van der Waals surface area (Å²) in [6.45, 7) is 0.0941. The van der Waals surface area contributed by atoms with Gasteiger partial charge < -0.3 is 9.84 Å². The molecule has 0 aromatic heterocycles. The van der Waals surface area contributed by atoms with Gasteiger partial charge in [-0.05, 0) is 5.56 Å². The van der Waals surface area contributed by atoms with Gasteiger partial charge in [0.25, 0.3) is 0 Å². The molecule has 1 amide bonds. The average Bonchev–Trinajstić information content (AvgIpc) is 2.48. The van der Waals surface area contributed by atoms with Crippen LogP contribution in [0.15, 0.2) is 30.3 Å². The van der Waals surface area contributed by atoms with Crippen molar-refractivity contribution in [2.75, 3.05) is 7.11 Å². The minimum Gasteiger partial charge on any atom is -0.481 e. The minimum atomic E-state index is -1.14. The van der Waals surface area contributed by atoms with Gasteiger partial charge in [-0.15, -0.1) is 0 Å². The number of nitrogens with zero attached hydrogens (tertiary/aromatic N) is 1. The fourth-order valence-corrected chi connectivity index (χ4v) is 1.67. The molecule has 1 N–H and O–H groups in total. The molecule has 1 rings (SSSR count). The van der Waals surface area contributed by atoms with Crippen LogP contribution in [0.3, 0.4) is 0 Å². The molecule has 0 aliphatic rings. The van der Waals surface area contributed by atoms with Crippen LogP contribution in [0.5, 0.6) is 0 Å². The predicted octanol–water partition coefficient (Wildman–Crippen LogP) is 0.983. The largest absolute Gasteiger partial charge is 0.481 e. The first-order valence-corrected chi connectivity index (χ1v) is 6.26. The third-order valence-electron chi connectivity index (χ3n) is 2.73. The Balaban J connectivity index is 2.68. The normalized spacial score (nSPS) is 11.5. The van der Waals surface area contributed by atoms with Crippen molar-refractivity contribution in [3.8, 4) is 0 Å². The Kier molecular flexibility index (Phi) is 6.90. The molecule has 0 aliphatic carbocycles. The first kappa shape index (κ1) is 16.6. The van der Waals surface area contributed by atoms with Gasteiger partial charge in [-0.25, -0.2) is 5.06 Å². The van der Waals surface area contributed by atoms with Crippen LogP contribution in [0.1, 0.15) is 18.4 Å². The highest BCUT2D eigenvalue weighted by atomic mass is 16.7. The maximum Gasteiger partial charge on any atom is 0.307 e. The van der Waals surface area contributed by atoms with E-state index in [2.05, 4.69) is 4.74 Å². The van der Waals surface area contributed by atoms with E-state index in [1.807, 2.05) is 18.2 Å². The molecule has 0 radical (unpaired) electrons. The lowest BCUT2D eigenvalue weighted by Crippen LogP contribution is -2.37. The van der Waals surface area contributed by atoms with E-state index < -0.39 is 24.4 Å². The Morgan fingerprint density at radius 2 is 1.95 bits per heavy atom. The molecule has 0 bridgehead atoms. The standard InChI is InChI=1S/C14H17NO6/c1-20-14(19)8-12(7-13(17)18)15(10-16)21-9-11-5-3-2-4-6-11/h2-6,10,12H,7-9H2,1H3,(H,17,18). The molecule has 0 saturated carbocycles. The SMILES string of the molecule is COC(=O)CC(CC(=O)O)N(C=O)OCc1ccccc1. The van der Waals surface area contributed by atoms with E-state index in [1.54, 1.807) is 12.1 Å². The van der Waals surface area contributed by atoms with Crippen molar-refractivity contribution in [3.63, 3.8) is 0 Å². The lowest BCUT2D eigenvalue weighted by Gasteiger charge is -2.25. The van der Waals surface area contributed by atoms with Crippen LogP contribution < -0.4 is 0 Å². The van der Waals surface area contributed by atoms with Crippen LogP contribution in [0.25, 0.3) is 0 Å². The summed E-state index contributed by atoms with van der Waals surface area (Å²) < 4.78 is 4.49. The number of aliphatic carboxylic acids is 1. The summed E-state index contributed by atoms with van der Waals surface area (Å²) in [5.41, 5.74) is 0.816. The maximum absolute atomic E-state index is 11.3. The van der Waals surface area contributed by atoms with Crippen molar-refractivity contribution in [3.05, 3.63) is 35.9 Å². The van der Waals surface area contributed by atoms with Crippen molar-refractivity contribution in [1.29, 1.82) is 0 Å². The third-order valence-corrected chi connectivity index (χ3v) is 2.73. The number of carboxylic acid groups (broad SMARTS) is 1. The Morgan fingerprint density at radius 3 is 2.48 bits per heavy atom. The highest BCUT2D eigenvalue weighted by molar-refractivity contribution is 5.73. The lowest BCUT2D eigenvalue weighted by atomic mass is 10.1. The molecule has 7 heteroatoms. The second kappa shape index (κ2) is 8.70. The number of rotatable bonds is 9. The summed E-state index contributed by atoms with van der Waals surface area (Å²) in [7, 11) is 1.19. The maximum atomic E-state index is 11.3. The first-order chi connectivity index (χ1) is 10.1. The average molecular weight is 295 g/mol. The molecule has 114 valence electrons. The van der Waals surface area contributed by atoms with Crippen LogP contribution in [0.2, 0.25) is 0 Å². The molecule has 0 aliphatic heterocycles. The topological polar surface area (TPSA) is 93.1 Å². The van der Waals surface area contributed by atoms with E-state index in [0.29, 0.717) is 6.41 Å². The van der Waals surface area contributed by atoms with Crippen molar-refractivity contribution in [2.24, 2.45) is 0 Å². The summed E-state index contributed by atoms with van der Waals surface area (Å²) in [5.74, 6) is -1.75. The number of hydrogen-bond acceptors (Lipinski definition) is 5. The highest BCUT2D eigenvalue weighted by Gasteiger charge is 2.25. The number of methoxy groups -OCH3 is 1. The van der Waals surface area contributed by atoms with E-state index >= 15 is 0 Å². The summed E-state index contributed by atoms with van der Waals surface area (Å²) in [6, 6.07) is 8.15. The zero-order valence-electron chi connectivity index (χ0n) is 11.6. The molecule has 1 aromatic carbocycles. The van der Waals surface area contributed by atoms with Gasteiger partial charge in [-0.2, -0.15) is 0 Å². The number of hydrogen-bond donors (Lipinski definition) is 1. The van der Waals surface area contributed by atoms with E-state index in [-0.39, 0.29) is 13.0 Å². The van der Waals surface area contributed by atoms with Crippen molar-refractivity contribution >= 4 is 18.3 Å². The number of benzene rings is 1. The predicted molar refractivity (Wildman–Crippen MR) is 71.8 cm³/mol. The Bertz CT molecular complexity index is 476. The van der Waals surface area contributed by atoms with Gasteiger partial charge in [-0.3, -0.25) is 19.2 Å².